The normalized spacial score (nSPS) is 15.9. The van der Waals surface area contributed by atoms with E-state index < -0.39 is 5.60 Å². The van der Waals surface area contributed by atoms with Crippen LogP contribution in [0.3, 0.4) is 0 Å². The summed E-state index contributed by atoms with van der Waals surface area (Å²) >= 11 is 13.2. The molecule has 35 heavy (non-hydrogen) atoms. The van der Waals surface area contributed by atoms with Gasteiger partial charge < -0.3 is 20.8 Å². The van der Waals surface area contributed by atoms with E-state index in [0.29, 0.717) is 43.2 Å². The van der Waals surface area contributed by atoms with E-state index in [9.17, 15) is 9.90 Å². The first-order valence-electron chi connectivity index (χ1n) is 11.1. The van der Waals surface area contributed by atoms with Gasteiger partial charge in [-0.25, -0.2) is 4.98 Å². The van der Waals surface area contributed by atoms with Gasteiger partial charge in [0, 0.05) is 29.6 Å². The lowest BCUT2D eigenvalue weighted by atomic mass is 10.0. The van der Waals surface area contributed by atoms with Crippen LogP contribution >= 0.6 is 23.2 Å². The molecule has 1 aliphatic rings. The van der Waals surface area contributed by atoms with Crippen molar-refractivity contribution in [2.24, 2.45) is 5.10 Å². The molecule has 0 amide bonds. The highest BCUT2D eigenvalue weighted by molar-refractivity contribution is 6.39. The summed E-state index contributed by atoms with van der Waals surface area (Å²) in [4.78, 5) is 20.5. The molecule has 0 bridgehead atoms. The van der Waals surface area contributed by atoms with E-state index in [1.807, 2.05) is 42.6 Å². The molecule has 0 saturated carbocycles. The van der Waals surface area contributed by atoms with Crippen LogP contribution in [0.15, 0.2) is 58.6 Å². The second kappa shape index (κ2) is 9.00. The first kappa shape index (κ1) is 23.4. The van der Waals surface area contributed by atoms with Crippen LogP contribution in [0.1, 0.15) is 37.4 Å². The molecule has 0 radical (unpaired) electrons. The van der Waals surface area contributed by atoms with Gasteiger partial charge in [0.05, 0.1) is 38.3 Å². The molecule has 4 aromatic rings. The number of anilines is 2. The molecule has 4 N–H and O–H groups in total. The summed E-state index contributed by atoms with van der Waals surface area (Å²) in [6, 6.07) is 11.1. The minimum atomic E-state index is -0.949. The zero-order valence-electron chi connectivity index (χ0n) is 19.1. The van der Waals surface area contributed by atoms with Gasteiger partial charge in [0.15, 0.2) is 0 Å². The molecule has 2 aromatic carbocycles. The van der Waals surface area contributed by atoms with Gasteiger partial charge in [0.25, 0.3) is 5.56 Å². The fraction of sp³-hybridized carbons (Fsp3) is 0.192. The maximum Gasteiger partial charge on any atom is 0.256 e. The van der Waals surface area contributed by atoms with Gasteiger partial charge in [-0.2, -0.15) is 5.10 Å². The first-order valence-corrected chi connectivity index (χ1v) is 11.8. The highest BCUT2D eigenvalue weighted by Gasteiger charge is 2.19. The smallest absolute Gasteiger partial charge is 0.256 e. The highest BCUT2D eigenvalue weighted by Crippen LogP contribution is 2.38. The maximum atomic E-state index is 12.9. The topological polar surface area (TPSA) is 102 Å². The van der Waals surface area contributed by atoms with Crippen molar-refractivity contribution in [2.75, 3.05) is 5.32 Å². The van der Waals surface area contributed by atoms with Crippen molar-refractivity contribution in [2.45, 2.75) is 31.9 Å². The molecule has 178 valence electrons. The van der Waals surface area contributed by atoms with E-state index >= 15 is 0 Å². The molecule has 3 heterocycles. The fourth-order valence-corrected chi connectivity index (χ4v) is 4.67. The van der Waals surface area contributed by atoms with E-state index in [0.717, 1.165) is 17.5 Å². The summed E-state index contributed by atoms with van der Waals surface area (Å²) in [6.07, 6.45) is 7.67. The number of fused-ring (bicyclic) bond motifs is 3. The molecular weight excluding hydrogens is 485 g/mol. The molecule has 1 aliphatic heterocycles. The number of aromatic amines is 1. The molecule has 7 nitrogen and oxygen atoms in total. The van der Waals surface area contributed by atoms with E-state index in [2.05, 4.69) is 20.8 Å². The summed E-state index contributed by atoms with van der Waals surface area (Å²) in [5, 5.41) is 20.0. The van der Waals surface area contributed by atoms with Crippen LogP contribution < -0.4 is 16.3 Å². The summed E-state index contributed by atoms with van der Waals surface area (Å²) in [5.74, 6) is 0.470. The van der Waals surface area contributed by atoms with Crippen molar-refractivity contribution in [3.8, 4) is 0 Å². The van der Waals surface area contributed by atoms with Crippen LogP contribution in [-0.4, -0.2) is 26.9 Å². The van der Waals surface area contributed by atoms with Gasteiger partial charge in [-0.1, -0.05) is 41.4 Å². The Labute approximate surface area is 211 Å². The molecule has 2 aromatic heterocycles. The van der Waals surface area contributed by atoms with Gasteiger partial charge in [-0.3, -0.25) is 4.79 Å². The Balaban J connectivity index is 1.62. The quantitative estimate of drug-likeness (QED) is 0.250. The third kappa shape index (κ3) is 4.75. The van der Waals surface area contributed by atoms with Crippen molar-refractivity contribution < 1.29 is 5.11 Å². The maximum absolute atomic E-state index is 12.9. The number of aliphatic hydroxyl groups is 1. The second-order valence-electron chi connectivity index (χ2n) is 9.03. The zero-order valence-corrected chi connectivity index (χ0v) is 20.6. The summed E-state index contributed by atoms with van der Waals surface area (Å²) in [6.45, 7) is 3.40. The number of nitrogens with zero attached hydrogens (tertiary/aromatic N) is 2. The lowest BCUT2D eigenvalue weighted by molar-refractivity contribution is 0.134. The van der Waals surface area contributed by atoms with Crippen molar-refractivity contribution in [1.29, 1.82) is 0 Å². The molecule has 0 spiro atoms. The summed E-state index contributed by atoms with van der Waals surface area (Å²) in [5.41, 5.74) is 4.77. The van der Waals surface area contributed by atoms with Crippen LogP contribution in [0.2, 0.25) is 10.0 Å². The van der Waals surface area contributed by atoms with Gasteiger partial charge >= 0.3 is 0 Å². The molecule has 1 atom stereocenters. The summed E-state index contributed by atoms with van der Waals surface area (Å²) < 4.78 is 0. The zero-order chi connectivity index (χ0) is 24.7. The average molecular weight is 508 g/mol. The molecule has 9 heteroatoms. The molecule has 0 aliphatic carbocycles. The van der Waals surface area contributed by atoms with Crippen LogP contribution in [0.4, 0.5) is 11.5 Å². The van der Waals surface area contributed by atoms with Crippen LogP contribution in [0.5, 0.6) is 0 Å². The summed E-state index contributed by atoms with van der Waals surface area (Å²) in [7, 11) is 0. The molecule has 0 fully saturated rings. The molecule has 0 saturated heterocycles. The van der Waals surface area contributed by atoms with Crippen molar-refractivity contribution in [3.63, 3.8) is 0 Å². The van der Waals surface area contributed by atoms with Gasteiger partial charge in [0.2, 0.25) is 0 Å². The largest absolute Gasteiger partial charge is 0.386 e. The third-order valence-electron chi connectivity index (χ3n) is 5.79. The Morgan fingerprint density at radius 3 is 2.60 bits per heavy atom. The predicted molar refractivity (Wildman–Crippen MR) is 144 cm³/mol. The van der Waals surface area contributed by atoms with E-state index in [1.165, 1.54) is 0 Å². The standard InChI is InChI=1S/C26H23Cl2N5O2/c1-26(2,35)8-5-14-3-4-21-17(11-14)22-16(6-9-29-25(22)34)24(31-21)32-23-18(27)12-15(13-19(23)28)20-7-10-30-33-20/h3-6,8-13,20,33,35H,7H2,1-2H3,(H,29,34)(H,31,32)/b8-5+. The molecule has 5 rings (SSSR count). The number of H-pyrrole nitrogens is 1. The first-order chi connectivity index (χ1) is 16.7. The lowest BCUT2D eigenvalue weighted by Crippen LogP contribution is -2.13. The average Bonchev–Trinajstić information content (AvgIpc) is 3.34. The number of rotatable bonds is 5. The number of halogens is 2. The number of nitrogens with one attached hydrogen (secondary N) is 3. The molecular formula is C26H23Cl2N5O2. The Morgan fingerprint density at radius 2 is 1.91 bits per heavy atom. The third-order valence-corrected chi connectivity index (χ3v) is 6.39. The highest BCUT2D eigenvalue weighted by atomic mass is 35.5. The second-order valence-corrected chi connectivity index (χ2v) is 9.85. The minimum Gasteiger partial charge on any atom is -0.386 e. The van der Waals surface area contributed by atoms with Gasteiger partial charge in [-0.15, -0.1) is 0 Å². The number of hydrogen-bond acceptors (Lipinski definition) is 6. The van der Waals surface area contributed by atoms with Crippen LogP contribution in [0, 0.1) is 0 Å². The number of hydrogen-bond donors (Lipinski definition) is 4. The predicted octanol–water partition coefficient (Wildman–Crippen LogP) is 5.93. The Bertz CT molecular complexity index is 1540. The number of hydrazone groups is 1. The number of benzene rings is 2. The van der Waals surface area contributed by atoms with E-state index in [4.69, 9.17) is 28.2 Å². The number of aromatic nitrogens is 2. The number of pyridine rings is 2. The van der Waals surface area contributed by atoms with Crippen LogP contribution in [-0.2, 0) is 0 Å². The fourth-order valence-electron chi connectivity index (χ4n) is 4.07. The van der Waals surface area contributed by atoms with E-state index in [1.54, 1.807) is 32.2 Å². The van der Waals surface area contributed by atoms with Gasteiger partial charge in [-0.05, 0) is 55.3 Å². The van der Waals surface area contributed by atoms with Gasteiger partial charge in [0.1, 0.15) is 5.82 Å². The Morgan fingerprint density at radius 1 is 1.14 bits per heavy atom. The Hall–Kier alpha value is -3.39. The van der Waals surface area contributed by atoms with E-state index in [-0.39, 0.29) is 11.6 Å². The lowest BCUT2D eigenvalue weighted by Gasteiger charge is -2.17. The van der Waals surface area contributed by atoms with Crippen molar-refractivity contribution in [3.05, 3.63) is 80.2 Å². The van der Waals surface area contributed by atoms with Crippen molar-refractivity contribution in [1.82, 2.24) is 15.4 Å². The Kier molecular flexibility index (Phi) is 6.01. The monoisotopic (exact) mass is 507 g/mol. The SMILES string of the molecule is CC(C)(O)/C=C/c1ccc2nc(Nc3c(Cl)cc(C4CC=NN4)cc3Cl)c3cc[nH]c(=O)c3c2c1. The molecule has 1 unspecified atom stereocenters. The minimum absolute atomic E-state index is 0.0249. The van der Waals surface area contributed by atoms with Crippen LogP contribution in [0.25, 0.3) is 27.8 Å². The van der Waals surface area contributed by atoms with Crippen molar-refractivity contribution >= 4 is 68.7 Å².